The molecule has 1 aliphatic rings. The Morgan fingerprint density at radius 1 is 1.16 bits per heavy atom. The summed E-state index contributed by atoms with van der Waals surface area (Å²) in [6, 6.07) is 12.2. The lowest BCUT2D eigenvalue weighted by Crippen LogP contribution is -2.29. The molecule has 4 N–H and O–H groups in total. The Bertz CT molecular complexity index is 1150. The van der Waals surface area contributed by atoms with Crippen LogP contribution in [0, 0.1) is 5.41 Å². The zero-order valence-corrected chi connectivity index (χ0v) is 16.7. The van der Waals surface area contributed by atoms with Gasteiger partial charge >= 0.3 is 0 Å². The van der Waals surface area contributed by atoms with Crippen molar-refractivity contribution in [1.29, 1.82) is 5.41 Å². The van der Waals surface area contributed by atoms with Gasteiger partial charge in [-0.25, -0.2) is 13.8 Å². The summed E-state index contributed by atoms with van der Waals surface area (Å²) in [5, 5.41) is 11.1. The molecule has 0 saturated carbocycles. The van der Waals surface area contributed by atoms with Crippen LogP contribution in [-0.4, -0.2) is 40.7 Å². The van der Waals surface area contributed by atoms with Crippen LogP contribution in [0.5, 0.6) is 0 Å². The number of amidine groups is 1. The number of nitrogen functional groups attached to an aromatic ring is 1. The van der Waals surface area contributed by atoms with Crippen molar-refractivity contribution in [3.63, 3.8) is 0 Å². The minimum absolute atomic E-state index is 0.113. The lowest BCUT2D eigenvalue weighted by Gasteiger charge is -2.24. The Morgan fingerprint density at radius 3 is 2.77 bits per heavy atom. The number of fused-ring (bicyclic) bond motifs is 1. The molecule has 160 valence electrons. The molecule has 3 aromatic rings. The second kappa shape index (κ2) is 8.25. The van der Waals surface area contributed by atoms with E-state index in [2.05, 4.69) is 15.3 Å². The number of aromatic nitrogens is 2. The van der Waals surface area contributed by atoms with Crippen LogP contribution < -0.4 is 16.0 Å². The average Bonchev–Trinajstić information content (AvgIpc) is 2.93. The summed E-state index contributed by atoms with van der Waals surface area (Å²) in [5.41, 5.74) is 7.12. The van der Waals surface area contributed by atoms with E-state index in [0.717, 1.165) is 5.39 Å². The van der Waals surface area contributed by atoms with E-state index in [1.165, 1.54) is 12.3 Å². The molecule has 2 aromatic heterocycles. The van der Waals surface area contributed by atoms with Crippen molar-refractivity contribution in [1.82, 2.24) is 9.97 Å². The van der Waals surface area contributed by atoms with Gasteiger partial charge < -0.3 is 16.0 Å². The molecule has 1 aromatic carbocycles. The Hall–Kier alpha value is -3.62. The van der Waals surface area contributed by atoms with Crippen LogP contribution in [0.2, 0.25) is 0 Å². The largest absolute Gasteiger partial charge is 0.382 e. The predicted molar refractivity (Wildman–Crippen MR) is 116 cm³/mol. The van der Waals surface area contributed by atoms with E-state index < -0.39 is 11.8 Å². The Balaban J connectivity index is 1.71. The fourth-order valence-corrected chi connectivity index (χ4v) is 3.64. The molecule has 31 heavy (non-hydrogen) atoms. The molecule has 0 atom stereocenters. The molecule has 4 rings (SSSR count). The Kier molecular flexibility index (Phi) is 5.50. The lowest BCUT2D eigenvalue weighted by atomic mass is 10.1. The van der Waals surface area contributed by atoms with Crippen molar-refractivity contribution in [2.75, 3.05) is 23.3 Å². The Morgan fingerprint density at radius 2 is 1.97 bits per heavy atom. The molecule has 3 heterocycles. The number of nitrogens with zero attached hydrogens (tertiary/aromatic N) is 3. The first-order valence-electron chi connectivity index (χ1n) is 9.97. The molecule has 0 radical (unpaired) electrons. The topological polar surface area (TPSA) is 108 Å². The quantitative estimate of drug-likeness (QED) is 0.436. The van der Waals surface area contributed by atoms with E-state index in [1.54, 1.807) is 17.0 Å². The van der Waals surface area contributed by atoms with E-state index in [0.29, 0.717) is 35.6 Å². The number of para-hydroxylation sites is 1. The van der Waals surface area contributed by atoms with Gasteiger partial charge in [-0.1, -0.05) is 18.2 Å². The number of nitrogens with two attached hydrogens (primary N) is 1. The third-order valence-electron chi connectivity index (χ3n) is 5.26. The average molecular weight is 424 g/mol. The van der Waals surface area contributed by atoms with Gasteiger partial charge in [-0.05, 0) is 30.7 Å². The maximum absolute atomic E-state index is 13.9. The van der Waals surface area contributed by atoms with E-state index in [1.807, 2.05) is 24.3 Å². The number of halogens is 2. The third-order valence-corrected chi connectivity index (χ3v) is 5.26. The van der Waals surface area contributed by atoms with Crippen LogP contribution in [-0.2, 0) is 0 Å². The molecule has 0 spiro atoms. The smallest absolute Gasteiger partial charge is 0.259 e. The Labute approximate surface area is 177 Å². The number of carbonyl (C=O) groups excluding carboxylic acids is 1. The van der Waals surface area contributed by atoms with Crippen molar-refractivity contribution in [3.8, 4) is 0 Å². The first-order valence-corrected chi connectivity index (χ1v) is 9.97. The highest BCUT2D eigenvalue weighted by molar-refractivity contribution is 6.10. The summed E-state index contributed by atoms with van der Waals surface area (Å²) in [4.78, 5) is 23.6. The number of rotatable bonds is 4. The molecule has 1 aliphatic heterocycles. The molecule has 0 aliphatic carbocycles. The summed E-state index contributed by atoms with van der Waals surface area (Å²) in [5.74, 6) is -2.97. The number of amides is 1. The van der Waals surface area contributed by atoms with E-state index in [-0.39, 0.29) is 30.9 Å². The predicted octanol–water partition coefficient (Wildman–Crippen LogP) is 3.79. The van der Waals surface area contributed by atoms with Gasteiger partial charge in [0.25, 0.3) is 5.91 Å². The lowest BCUT2D eigenvalue weighted by molar-refractivity contribution is -0.0102. The summed E-state index contributed by atoms with van der Waals surface area (Å²) in [7, 11) is 0. The normalized spacial score (nSPS) is 16.0. The van der Waals surface area contributed by atoms with Gasteiger partial charge in [0.1, 0.15) is 17.3 Å². The molecule has 9 heteroatoms. The van der Waals surface area contributed by atoms with Crippen LogP contribution in [0.1, 0.15) is 35.3 Å². The van der Waals surface area contributed by atoms with Gasteiger partial charge in [-0.2, -0.15) is 0 Å². The number of anilines is 2. The van der Waals surface area contributed by atoms with Gasteiger partial charge in [0.2, 0.25) is 5.92 Å². The fraction of sp³-hybridized carbons (Fsp3) is 0.273. The standard InChI is InChI=1S/C22H22F2N6O/c23-22(24)7-3-10-30(11-8-22)20-16(12-14-4-1-2-5-17(14)29-20)21(31)28-15-6-9-27-18(13-15)19(25)26/h1-2,4-6,9,12-13H,3,7-8,10-11H2,(H3,25,26)(H,27,28,31). The van der Waals surface area contributed by atoms with Crippen LogP contribution in [0.3, 0.4) is 0 Å². The minimum Gasteiger partial charge on any atom is -0.382 e. The number of hydrogen-bond acceptors (Lipinski definition) is 5. The number of alkyl halides is 2. The monoisotopic (exact) mass is 424 g/mol. The molecular weight excluding hydrogens is 402 g/mol. The maximum atomic E-state index is 13.9. The van der Waals surface area contributed by atoms with E-state index >= 15 is 0 Å². The molecule has 1 fully saturated rings. The van der Waals surface area contributed by atoms with Crippen molar-refractivity contribution in [3.05, 3.63) is 59.9 Å². The number of hydrogen-bond donors (Lipinski definition) is 3. The highest BCUT2D eigenvalue weighted by Crippen LogP contribution is 2.32. The first-order chi connectivity index (χ1) is 14.8. The van der Waals surface area contributed by atoms with E-state index in [4.69, 9.17) is 11.1 Å². The molecular formula is C22H22F2N6O. The van der Waals surface area contributed by atoms with Gasteiger partial charge in [0, 0.05) is 43.2 Å². The number of nitrogens with one attached hydrogen (secondary N) is 2. The van der Waals surface area contributed by atoms with Gasteiger partial charge in [-0.3, -0.25) is 15.2 Å². The highest BCUT2D eigenvalue weighted by Gasteiger charge is 2.33. The van der Waals surface area contributed by atoms with Crippen LogP contribution >= 0.6 is 0 Å². The summed E-state index contributed by atoms with van der Waals surface area (Å²) in [6.07, 6.45) is 1.30. The van der Waals surface area contributed by atoms with Crippen molar-refractivity contribution >= 4 is 34.2 Å². The summed E-state index contributed by atoms with van der Waals surface area (Å²) >= 11 is 0. The van der Waals surface area contributed by atoms with Crippen LogP contribution in [0.4, 0.5) is 20.3 Å². The van der Waals surface area contributed by atoms with Crippen LogP contribution in [0.15, 0.2) is 48.7 Å². The zero-order chi connectivity index (χ0) is 22.0. The van der Waals surface area contributed by atoms with Gasteiger partial charge in [0.05, 0.1) is 11.1 Å². The number of benzene rings is 1. The molecule has 7 nitrogen and oxygen atoms in total. The highest BCUT2D eigenvalue weighted by atomic mass is 19.3. The van der Waals surface area contributed by atoms with Crippen molar-refractivity contribution < 1.29 is 13.6 Å². The first kappa shape index (κ1) is 20.6. The van der Waals surface area contributed by atoms with Crippen molar-refractivity contribution in [2.45, 2.75) is 25.2 Å². The molecule has 1 saturated heterocycles. The van der Waals surface area contributed by atoms with E-state index in [9.17, 15) is 13.6 Å². The maximum Gasteiger partial charge on any atom is 0.259 e. The summed E-state index contributed by atoms with van der Waals surface area (Å²) < 4.78 is 27.8. The number of pyridine rings is 2. The van der Waals surface area contributed by atoms with Crippen LogP contribution in [0.25, 0.3) is 10.9 Å². The third kappa shape index (κ3) is 4.60. The minimum atomic E-state index is -2.71. The van der Waals surface area contributed by atoms with Gasteiger partial charge in [-0.15, -0.1) is 0 Å². The molecule has 0 unspecified atom stereocenters. The van der Waals surface area contributed by atoms with Crippen molar-refractivity contribution in [2.24, 2.45) is 5.73 Å². The fourth-order valence-electron chi connectivity index (χ4n) is 3.64. The van der Waals surface area contributed by atoms with Gasteiger partial charge in [0.15, 0.2) is 0 Å². The second-order valence-electron chi connectivity index (χ2n) is 7.55. The number of carbonyl (C=O) groups is 1. The second-order valence-corrected chi connectivity index (χ2v) is 7.55. The molecule has 1 amide bonds. The molecule has 0 bridgehead atoms. The summed E-state index contributed by atoms with van der Waals surface area (Å²) in [6.45, 7) is 0.507. The zero-order valence-electron chi connectivity index (χ0n) is 16.7. The SMILES string of the molecule is N=C(N)c1cc(NC(=O)c2cc3ccccc3nc2N2CCCC(F)(F)CC2)ccn1.